The van der Waals surface area contributed by atoms with Crippen molar-refractivity contribution in [2.24, 2.45) is 0 Å². The number of aromatic nitrogens is 2. The van der Waals surface area contributed by atoms with Gasteiger partial charge >= 0.3 is 0 Å². The first-order valence-corrected chi connectivity index (χ1v) is 11.7. The summed E-state index contributed by atoms with van der Waals surface area (Å²) < 4.78 is 10.8. The summed E-state index contributed by atoms with van der Waals surface area (Å²) in [7, 11) is 0. The fourth-order valence-corrected chi connectivity index (χ4v) is 4.04. The molecule has 184 valence electrons. The van der Waals surface area contributed by atoms with Crippen molar-refractivity contribution in [1.29, 1.82) is 0 Å². The normalized spacial score (nSPS) is 15.1. The molecule has 0 atom stereocenters. The Morgan fingerprint density at radius 1 is 1.03 bits per heavy atom. The molecule has 0 spiro atoms. The van der Waals surface area contributed by atoms with E-state index in [1.165, 1.54) is 6.92 Å². The quantitative estimate of drug-likeness (QED) is 0.398. The van der Waals surface area contributed by atoms with Crippen LogP contribution in [0.25, 0.3) is 0 Å². The van der Waals surface area contributed by atoms with E-state index in [4.69, 9.17) is 9.26 Å². The Morgan fingerprint density at radius 3 is 2.41 bits per heavy atom. The van der Waals surface area contributed by atoms with Crippen molar-refractivity contribution < 1.29 is 23.6 Å². The Balaban J connectivity index is 1.45. The highest BCUT2D eigenvalue weighted by atomic mass is 16.5. The van der Waals surface area contributed by atoms with Gasteiger partial charge in [0.05, 0.1) is 0 Å². The molecule has 0 unspecified atom stereocenters. The largest absolute Gasteiger partial charge is 0.484 e. The summed E-state index contributed by atoms with van der Waals surface area (Å²) in [5.41, 5.74) is 6.26. The maximum Gasteiger partial charge on any atom is 0.276 e. The van der Waals surface area contributed by atoms with Crippen LogP contribution in [-0.4, -0.2) is 34.5 Å². The van der Waals surface area contributed by atoms with E-state index in [9.17, 15) is 14.4 Å². The molecule has 3 amide bonds. The van der Waals surface area contributed by atoms with Crippen LogP contribution >= 0.6 is 0 Å². The first kappa shape index (κ1) is 25.2. The molecular formula is C24H33N5O5. The summed E-state index contributed by atoms with van der Waals surface area (Å²) in [6, 6.07) is 5.56. The first-order chi connectivity index (χ1) is 16.3. The van der Waals surface area contributed by atoms with Gasteiger partial charge in [-0.3, -0.25) is 25.2 Å². The number of carbonyl (C=O) groups is 3. The molecule has 1 aliphatic rings. The number of hydrogen-bond donors (Lipinski definition) is 3. The van der Waals surface area contributed by atoms with Crippen LogP contribution < -0.4 is 20.9 Å². The van der Waals surface area contributed by atoms with Gasteiger partial charge in [-0.1, -0.05) is 36.9 Å². The van der Waals surface area contributed by atoms with Crippen molar-refractivity contribution in [2.75, 3.05) is 6.61 Å². The minimum atomic E-state index is -0.629. The van der Waals surface area contributed by atoms with Crippen molar-refractivity contribution >= 4 is 17.7 Å². The second-order valence-corrected chi connectivity index (χ2v) is 8.82. The van der Waals surface area contributed by atoms with E-state index in [1.807, 2.05) is 26.0 Å². The summed E-state index contributed by atoms with van der Waals surface area (Å²) in [5.74, 6) is 0.343. The number of benzene rings is 1. The Labute approximate surface area is 199 Å². The average molecular weight is 472 g/mol. The van der Waals surface area contributed by atoms with Gasteiger partial charge in [0, 0.05) is 19.8 Å². The van der Waals surface area contributed by atoms with Crippen LogP contribution in [0.15, 0.2) is 22.7 Å². The molecular weight excluding hydrogens is 438 g/mol. The predicted molar refractivity (Wildman–Crippen MR) is 124 cm³/mol. The van der Waals surface area contributed by atoms with Crippen molar-refractivity contribution in [2.45, 2.75) is 77.7 Å². The molecule has 1 aliphatic carbocycles. The third-order valence-electron chi connectivity index (χ3n) is 6.02. The topological polar surface area (TPSA) is 135 Å². The highest BCUT2D eigenvalue weighted by Gasteiger charge is 2.38. The number of nitrogens with one attached hydrogen (secondary N) is 3. The van der Waals surface area contributed by atoms with Crippen LogP contribution in [0.3, 0.4) is 0 Å². The Kier molecular flexibility index (Phi) is 8.61. The number of carbonyl (C=O) groups excluding carboxylic acids is 3. The molecule has 0 bridgehead atoms. The van der Waals surface area contributed by atoms with E-state index in [2.05, 4.69) is 26.3 Å². The van der Waals surface area contributed by atoms with E-state index in [0.29, 0.717) is 17.5 Å². The molecule has 10 heteroatoms. The predicted octanol–water partition coefficient (Wildman–Crippen LogP) is 2.53. The molecule has 3 N–H and O–H groups in total. The van der Waals surface area contributed by atoms with Gasteiger partial charge in [-0.15, -0.1) is 0 Å². The SMILES string of the molecule is CC(=O)NC1(c2noc(CCC(=O)NNC(=O)COc3ccc(C)c(C)c3)n2)CCCCCC1. The van der Waals surface area contributed by atoms with E-state index < -0.39 is 17.4 Å². The number of hydrazine groups is 1. The molecule has 1 aromatic carbocycles. The smallest absolute Gasteiger partial charge is 0.276 e. The van der Waals surface area contributed by atoms with Crippen molar-refractivity contribution in [1.82, 2.24) is 26.3 Å². The van der Waals surface area contributed by atoms with E-state index in [0.717, 1.165) is 49.7 Å². The van der Waals surface area contributed by atoms with Crippen LogP contribution in [0, 0.1) is 13.8 Å². The molecule has 1 heterocycles. The minimum Gasteiger partial charge on any atom is -0.484 e. The molecule has 1 saturated carbocycles. The minimum absolute atomic E-state index is 0.0487. The van der Waals surface area contributed by atoms with Crippen LogP contribution in [0.4, 0.5) is 0 Å². The molecule has 0 radical (unpaired) electrons. The van der Waals surface area contributed by atoms with E-state index in [-0.39, 0.29) is 25.4 Å². The second kappa shape index (κ2) is 11.6. The van der Waals surface area contributed by atoms with Gasteiger partial charge in [-0.25, -0.2) is 0 Å². The molecule has 0 aliphatic heterocycles. The summed E-state index contributed by atoms with van der Waals surface area (Å²) in [6.07, 6.45) is 5.92. The summed E-state index contributed by atoms with van der Waals surface area (Å²) >= 11 is 0. The monoisotopic (exact) mass is 471 g/mol. The Hall–Kier alpha value is -3.43. The number of hydrogen-bond acceptors (Lipinski definition) is 7. The average Bonchev–Trinajstić information content (AvgIpc) is 3.16. The molecule has 1 aromatic heterocycles. The van der Waals surface area contributed by atoms with Gasteiger partial charge in [0.2, 0.25) is 17.7 Å². The van der Waals surface area contributed by atoms with E-state index in [1.54, 1.807) is 6.07 Å². The number of aryl methyl sites for hydroxylation is 3. The molecule has 1 fully saturated rings. The van der Waals surface area contributed by atoms with Crippen LogP contribution in [0.2, 0.25) is 0 Å². The number of nitrogens with zero attached hydrogens (tertiary/aromatic N) is 2. The second-order valence-electron chi connectivity index (χ2n) is 8.82. The van der Waals surface area contributed by atoms with Crippen molar-refractivity contribution in [3.05, 3.63) is 41.0 Å². The molecule has 0 saturated heterocycles. The molecule has 2 aromatic rings. The van der Waals surface area contributed by atoms with Gasteiger partial charge in [0.25, 0.3) is 5.91 Å². The standard InChI is InChI=1S/C24H33N5O5/c1-16-8-9-19(14-17(16)2)33-15-21(32)28-27-20(31)10-11-22-25-23(29-34-22)24(26-18(3)30)12-6-4-5-7-13-24/h8-9,14H,4-7,10-13,15H2,1-3H3,(H,26,30)(H,27,31)(H,28,32). The van der Waals surface area contributed by atoms with Gasteiger partial charge in [-0.05, 0) is 49.9 Å². The van der Waals surface area contributed by atoms with Gasteiger partial charge in [-0.2, -0.15) is 4.98 Å². The third-order valence-corrected chi connectivity index (χ3v) is 6.02. The fraction of sp³-hybridized carbons (Fsp3) is 0.542. The zero-order valence-electron chi connectivity index (χ0n) is 20.0. The lowest BCUT2D eigenvalue weighted by Crippen LogP contribution is -2.45. The number of rotatable bonds is 8. The maximum atomic E-state index is 12.1. The number of amides is 3. The van der Waals surface area contributed by atoms with Crippen LogP contribution in [0.1, 0.15) is 74.7 Å². The van der Waals surface area contributed by atoms with Crippen LogP contribution in [0.5, 0.6) is 5.75 Å². The lowest BCUT2D eigenvalue weighted by Gasteiger charge is -2.30. The van der Waals surface area contributed by atoms with Crippen LogP contribution in [-0.2, 0) is 26.3 Å². The summed E-state index contributed by atoms with van der Waals surface area (Å²) in [4.78, 5) is 40.4. The van der Waals surface area contributed by atoms with Crippen molar-refractivity contribution in [3.63, 3.8) is 0 Å². The molecule has 34 heavy (non-hydrogen) atoms. The molecule has 10 nitrogen and oxygen atoms in total. The Bertz CT molecular complexity index is 1010. The highest BCUT2D eigenvalue weighted by Crippen LogP contribution is 2.34. The van der Waals surface area contributed by atoms with Gasteiger partial charge in [0.1, 0.15) is 11.3 Å². The van der Waals surface area contributed by atoms with Crippen molar-refractivity contribution in [3.8, 4) is 5.75 Å². The lowest BCUT2D eigenvalue weighted by atomic mass is 9.89. The first-order valence-electron chi connectivity index (χ1n) is 11.7. The summed E-state index contributed by atoms with van der Waals surface area (Å²) in [5, 5.41) is 7.13. The fourth-order valence-electron chi connectivity index (χ4n) is 4.04. The van der Waals surface area contributed by atoms with Gasteiger partial charge in [0.15, 0.2) is 12.4 Å². The van der Waals surface area contributed by atoms with Gasteiger partial charge < -0.3 is 14.6 Å². The zero-order chi connectivity index (χ0) is 24.6. The number of ether oxygens (including phenoxy) is 1. The highest BCUT2D eigenvalue weighted by molar-refractivity contribution is 5.82. The lowest BCUT2D eigenvalue weighted by molar-refractivity contribution is -0.130. The third kappa shape index (κ3) is 7.03. The molecule has 3 rings (SSSR count). The Morgan fingerprint density at radius 2 is 1.74 bits per heavy atom. The summed E-state index contributed by atoms with van der Waals surface area (Å²) in [6.45, 7) is 5.22. The van der Waals surface area contributed by atoms with E-state index >= 15 is 0 Å². The maximum absolute atomic E-state index is 12.1. The zero-order valence-corrected chi connectivity index (χ0v) is 20.0.